The van der Waals surface area contributed by atoms with E-state index in [1.165, 1.54) is 18.2 Å². The van der Waals surface area contributed by atoms with Crippen LogP contribution in [0.25, 0.3) is 0 Å². The standard InChI is InChI=1S/C23H30ClN3O4S/c1-3-26-12-14-27(15-13-26)23(28)21(16-18-8-6-5-7-9-18)25-32(29,30)19-10-11-22(31-4-2)20(24)17-19/h5-11,17,21,25H,3-4,12-16H2,1-2H3/t21-/m0/s1. The number of halogens is 1. The molecule has 1 aliphatic rings. The summed E-state index contributed by atoms with van der Waals surface area (Å²) in [5.41, 5.74) is 0.880. The van der Waals surface area contributed by atoms with E-state index in [0.29, 0.717) is 25.4 Å². The van der Waals surface area contributed by atoms with Gasteiger partial charge in [0.15, 0.2) is 0 Å². The Hall–Kier alpha value is -2.13. The molecule has 0 aromatic heterocycles. The Kier molecular flexibility index (Phi) is 8.53. The molecule has 0 spiro atoms. The topological polar surface area (TPSA) is 78.9 Å². The number of nitrogens with one attached hydrogen (secondary N) is 1. The van der Waals surface area contributed by atoms with Crippen molar-refractivity contribution in [3.8, 4) is 5.75 Å². The van der Waals surface area contributed by atoms with Gasteiger partial charge in [-0.1, -0.05) is 48.9 Å². The van der Waals surface area contributed by atoms with Crippen molar-refractivity contribution in [2.75, 3.05) is 39.3 Å². The molecule has 2 aromatic carbocycles. The maximum atomic E-state index is 13.3. The number of benzene rings is 2. The van der Waals surface area contributed by atoms with Gasteiger partial charge in [0.25, 0.3) is 0 Å². The predicted octanol–water partition coefficient (Wildman–Crippen LogP) is 2.79. The molecule has 174 valence electrons. The monoisotopic (exact) mass is 479 g/mol. The minimum absolute atomic E-state index is 0.00684. The number of hydrogen-bond donors (Lipinski definition) is 1. The van der Waals surface area contributed by atoms with Gasteiger partial charge in [-0.2, -0.15) is 4.72 Å². The molecule has 2 aromatic rings. The lowest BCUT2D eigenvalue weighted by Crippen LogP contribution is -2.55. The van der Waals surface area contributed by atoms with Crippen LogP contribution in [-0.2, 0) is 21.2 Å². The summed E-state index contributed by atoms with van der Waals surface area (Å²) in [6.07, 6.45) is 0.262. The lowest BCUT2D eigenvalue weighted by molar-refractivity contribution is -0.134. The molecule has 1 aliphatic heterocycles. The number of carbonyl (C=O) groups excluding carboxylic acids is 1. The van der Waals surface area contributed by atoms with Crippen molar-refractivity contribution in [1.82, 2.24) is 14.5 Å². The predicted molar refractivity (Wildman–Crippen MR) is 126 cm³/mol. The van der Waals surface area contributed by atoms with Crippen LogP contribution < -0.4 is 9.46 Å². The van der Waals surface area contributed by atoms with Crippen LogP contribution in [0.2, 0.25) is 5.02 Å². The first kappa shape index (κ1) is 24.5. The Morgan fingerprint density at radius 2 is 1.78 bits per heavy atom. The Bertz CT molecular complexity index is 1010. The number of likely N-dealkylation sites (N-methyl/N-ethyl adjacent to an activating group) is 1. The zero-order chi connectivity index (χ0) is 23.1. The van der Waals surface area contributed by atoms with E-state index in [-0.39, 0.29) is 22.2 Å². The van der Waals surface area contributed by atoms with Crippen molar-refractivity contribution in [1.29, 1.82) is 0 Å². The first-order chi connectivity index (χ1) is 15.3. The van der Waals surface area contributed by atoms with Crippen LogP contribution in [0.5, 0.6) is 5.75 Å². The first-order valence-electron chi connectivity index (χ1n) is 10.8. The molecule has 0 unspecified atom stereocenters. The van der Waals surface area contributed by atoms with Crippen molar-refractivity contribution >= 4 is 27.5 Å². The van der Waals surface area contributed by atoms with Crippen LogP contribution in [0, 0.1) is 0 Å². The van der Waals surface area contributed by atoms with Gasteiger partial charge in [0.1, 0.15) is 11.8 Å². The largest absolute Gasteiger partial charge is 0.492 e. The summed E-state index contributed by atoms with van der Waals surface area (Å²) in [5, 5.41) is 0.205. The highest BCUT2D eigenvalue weighted by Gasteiger charge is 2.31. The van der Waals surface area contributed by atoms with Gasteiger partial charge in [-0.05, 0) is 43.7 Å². The Balaban J connectivity index is 1.83. The molecule has 3 rings (SSSR count). The van der Waals surface area contributed by atoms with Crippen LogP contribution in [0.3, 0.4) is 0 Å². The maximum Gasteiger partial charge on any atom is 0.241 e. The lowest BCUT2D eigenvalue weighted by atomic mass is 10.1. The number of amides is 1. The van der Waals surface area contributed by atoms with E-state index in [9.17, 15) is 13.2 Å². The van der Waals surface area contributed by atoms with Crippen molar-refractivity contribution in [2.45, 2.75) is 31.2 Å². The number of nitrogens with zero attached hydrogens (tertiary/aromatic N) is 2. The average Bonchev–Trinajstić information content (AvgIpc) is 2.80. The van der Waals surface area contributed by atoms with E-state index in [4.69, 9.17) is 16.3 Å². The summed E-state index contributed by atoms with van der Waals surface area (Å²) in [6.45, 7) is 7.98. The molecule has 0 aliphatic carbocycles. The van der Waals surface area contributed by atoms with Gasteiger partial charge in [-0.25, -0.2) is 8.42 Å². The molecule has 1 atom stereocenters. The molecule has 1 heterocycles. The summed E-state index contributed by atoms with van der Waals surface area (Å²) in [7, 11) is -3.98. The molecule has 1 N–H and O–H groups in total. The molecule has 1 amide bonds. The molecule has 32 heavy (non-hydrogen) atoms. The molecule has 7 nitrogen and oxygen atoms in total. The highest BCUT2D eigenvalue weighted by Crippen LogP contribution is 2.27. The number of carbonyl (C=O) groups is 1. The third-order valence-electron chi connectivity index (χ3n) is 5.52. The van der Waals surface area contributed by atoms with Gasteiger partial charge in [0, 0.05) is 26.2 Å². The quantitative estimate of drug-likeness (QED) is 0.598. The van der Waals surface area contributed by atoms with Crippen LogP contribution in [0.4, 0.5) is 0 Å². The van der Waals surface area contributed by atoms with E-state index >= 15 is 0 Å². The Morgan fingerprint density at radius 1 is 1.09 bits per heavy atom. The molecular formula is C23H30ClN3O4S. The first-order valence-corrected chi connectivity index (χ1v) is 12.7. The highest BCUT2D eigenvalue weighted by atomic mass is 35.5. The fourth-order valence-corrected chi connectivity index (χ4v) is 5.23. The van der Waals surface area contributed by atoms with Gasteiger partial charge >= 0.3 is 0 Å². The van der Waals surface area contributed by atoms with Crippen molar-refractivity contribution in [3.05, 3.63) is 59.1 Å². The summed E-state index contributed by atoms with van der Waals surface area (Å²) < 4.78 is 34.3. The molecule has 9 heteroatoms. The van der Waals surface area contributed by atoms with E-state index in [0.717, 1.165) is 25.2 Å². The van der Waals surface area contributed by atoms with E-state index in [1.54, 1.807) is 4.90 Å². The van der Waals surface area contributed by atoms with Crippen LogP contribution in [0.1, 0.15) is 19.4 Å². The van der Waals surface area contributed by atoms with Gasteiger partial charge in [0.05, 0.1) is 16.5 Å². The summed E-state index contributed by atoms with van der Waals surface area (Å²) in [6, 6.07) is 12.8. The molecule has 0 radical (unpaired) electrons. The van der Waals surface area contributed by atoms with Gasteiger partial charge in [0.2, 0.25) is 15.9 Å². The third-order valence-corrected chi connectivity index (χ3v) is 7.29. The number of hydrogen-bond acceptors (Lipinski definition) is 5. The van der Waals surface area contributed by atoms with Crippen LogP contribution in [-0.4, -0.2) is 69.5 Å². The number of rotatable bonds is 9. The number of piperazine rings is 1. The average molecular weight is 480 g/mol. The molecule has 1 fully saturated rings. The van der Waals surface area contributed by atoms with E-state index in [1.807, 2.05) is 37.3 Å². The van der Waals surface area contributed by atoms with Crippen molar-refractivity contribution in [3.63, 3.8) is 0 Å². The molecule has 0 bridgehead atoms. The van der Waals surface area contributed by atoms with Gasteiger partial charge < -0.3 is 14.5 Å². The third kappa shape index (κ3) is 6.22. The number of ether oxygens (including phenoxy) is 1. The minimum Gasteiger partial charge on any atom is -0.492 e. The van der Waals surface area contributed by atoms with Crippen LogP contribution in [0.15, 0.2) is 53.4 Å². The second-order valence-electron chi connectivity index (χ2n) is 7.65. The van der Waals surface area contributed by atoms with Gasteiger partial charge in [-0.15, -0.1) is 0 Å². The zero-order valence-corrected chi connectivity index (χ0v) is 20.0. The summed E-state index contributed by atoms with van der Waals surface area (Å²) >= 11 is 6.20. The zero-order valence-electron chi connectivity index (χ0n) is 18.5. The Morgan fingerprint density at radius 3 is 2.38 bits per heavy atom. The van der Waals surface area contributed by atoms with Crippen LogP contribution >= 0.6 is 11.6 Å². The summed E-state index contributed by atoms with van der Waals surface area (Å²) in [4.78, 5) is 17.3. The van der Waals surface area contributed by atoms with Crippen molar-refractivity contribution in [2.24, 2.45) is 0 Å². The lowest BCUT2D eigenvalue weighted by Gasteiger charge is -2.36. The highest BCUT2D eigenvalue weighted by molar-refractivity contribution is 7.89. The molecular weight excluding hydrogens is 450 g/mol. The van der Waals surface area contributed by atoms with Crippen molar-refractivity contribution < 1.29 is 17.9 Å². The van der Waals surface area contributed by atoms with E-state index in [2.05, 4.69) is 16.5 Å². The minimum atomic E-state index is -3.98. The van der Waals surface area contributed by atoms with Gasteiger partial charge in [-0.3, -0.25) is 4.79 Å². The molecule has 0 saturated carbocycles. The van der Waals surface area contributed by atoms with E-state index < -0.39 is 16.1 Å². The number of sulfonamides is 1. The SMILES string of the molecule is CCOc1ccc(S(=O)(=O)N[C@@H](Cc2ccccc2)C(=O)N2CCN(CC)CC2)cc1Cl. The summed E-state index contributed by atoms with van der Waals surface area (Å²) in [5.74, 6) is 0.198. The fourth-order valence-electron chi connectivity index (χ4n) is 3.71. The second-order valence-corrected chi connectivity index (χ2v) is 9.77. The maximum absolute atomic E-state index is 13.3. The Labute approximate surface area is 195 Å². The normalized spacial score (nSPS) is 16.0. The smallest absolute Gasteiger partial charge is 0.241 e. The second kappa shape index (κ2) is 11.1. The molecule has 1 saturated heterocycles. The fraction of sp³-hybridized carbons (Fsp3) is 0.435.